The van der Waals surface area contributed by atoms with Crippen molar-refractivity contribution >= 4 is 27.6 Å². The third-order valence-corrected chi connectivity index (χ3v) is 5.28. The van der Waals surface area contributed by atoms with E-state index in [9.17, 15) is 18.0 Å². The number of benzene rings is 2. The molecule has 126 valence electrons. The van der Waals surface area contributed by atoms with E-state index in [2.05, 4.69) is 5.32 Å². The van der Waals surface area contributed by atoms with Crippen molar-refractivity contribution in [2.75, 3.05) is 18.4 Å². The maximum Gasteiger partial charge on any atom is 0.335 e. The second kappa shape index (κ2) is 6.71. The Bertz CT molecular complexity index is 858. The molecule has 1 amide bonds. The van der Waals surface area contributed by atoms with Crippen LogP contribution in [0.15, 0.2) is 53.4 Å². The lowest BCUT2D eigenvalue weighted by atomic mass is 10.2. The third-order valence-electron chi connectivity index (χ3n) is 3.48. The molecule has 8 heteroatoms. The van der Waals surface area contributed by atoms with Crippen LogP contribution in [0.3, 0.4) is 0 Å². The SMILES string of the molecule is CNC(=O)c1ccc(S(=O)(=O)N(C)c2ccc(C(=O)O)cc2)cc1. The second-order valence-corrected chi connectivity index (χ2v) is 6.90. The standard InChI is InChI=1S/C16H16N2O5S/c1-17-15(19)11-5-9-14(10-6-11)24(22,23)18(2)13-7-3-12(4-8-13)16(20)21/h3-10H,1-2H3,(H,17,19)(H,20,21). The summed E-state index contributed by atoms with van der Waals surface area (Å²) in [5.74, 6) is -1.39. The van der Waals surface area contributed by atoms with Crippen molar-refractivity contribution in [3.05, 3.63) is 59.7 Å². The van der Waals surface area contributed by atoms with Crippen molar-refractivity contribution in [2.45, 2.75) is 4.90 Å². The van der Waals surface area contributed by atoms with E-state index in [4.69, 9.17) is 5.11 Å². The molecular formula is C16H16N2O5S. The van der Waals surface area contributed by atoms with Crippen LogP contribution in [0.2, 0.25) is 0 Å². The largest absolute Gasteiger partial charge is 0.478 e. The summed E-state index contributed by atoms with van der Waals surface area (Å²) in [6.45, 7) is 0. The average Bonchev–Trinajstić information content (AvgIpc) is 2.60. The summed E-state index contributed by atoms with van der Waals surface area (Å²) in [6.07, 6.45) is 0. The minimum absolute atomic E-state index is 0.0277. The lowest BCUT2D eigenvalue weighted by molar-refractivity contribution is 0.0696. The number of nitrogens with zero attached hydrogens (tertiary/aromatic N) is 1. The third kappa shape index (κ3) is 3.38. The highest BCUT2D eigenvalue weighted by molar-refractivity contribution is 7.92. The molecule has 24 heavy (non-hydrogen) atoms. The Kier molecular flexibility index (Phi) is 4.89. The van der Waals surface area contributed by atoms with Crippen molar-refractivity contribution in [3.63, 3.8) is 0 Å². The van der Waals surface area contributed by atoms with Gasteiger partial charge in [-0.05, 0) is 48.5 Å². The van der Waals surface area contributed by atoms with Gasteiger partial charge in [0.1, 0.15) is 0 Å². The molecule has 0 spiro atoms. The van der Waals surface area contributed by atoms with Crippen LogP contribution in [0.1, 0.15) is 20.7 Å². The zero-order chi connectivity index (χ0) is 17.9. The summed E-state index contributed by atoms with van der Waals surface area (Å²) in [5.41, 5.74) is 0.750. The quantitative estimate of drug-likeness (QED) is 0.853. The van der Waals surface area contributed by atoms with E-state index in [1.165, 1.54) is 62.6 Å². The van der Waals surface area contributed by atoms with Crippen LogP contribution >= 0.6 is 0 Å². The van der Waals surface area contributed by atoms with E-state index in [-0.39, 0.29) is 16.4 Å². The fraction of sp³-hybridized carbons (Fsp3) is 0.125. The van der Waals surface area contributed by atoms with Gasteiger partial charge in [-0.1, -0.05) is 0 Å². The van der Waals surface area contributed by atoms with Gasteiger partial charge in [-0.3, -0.25) is 9.10 Å². The first-order chi connectivity index (χ1) is 11.3. The Morgan fingerprint density at radius 1 is 0.958 bits per heavy atom. The topological polar surface area (TPSA) is 104 Å². The van der Waals surface area contributed by atoms with Gasteiger partial charge < -0.3 is 10.4 Å². The summed E-state index contributed by atoms with van der Waals surface area (Å²) in [6, 6.07) is 11.0. The number of amides is 1. The Morgan fingerprint density at radius 2 is 1.46 bits per heavy atom. The molecular weight excluding hydrogens is 332 g/mol. The van der Waals surface area contributed by atoms with Gasteiger partial charge in [-0.15, -0.1) is 0 Å². The summed E-state index contributed by atoms with van der Waals surface area (Å²) >= 11 is 0. The van der Waals surface area contributed by atoms with E-state index < -0.39 is 16.0 Å². The lowest BCUT2D eigenvalue weighted by Crippen LogP contribution is -2.26. The smallest absolute Gasteiger partial charge is 0.335 e. The highest BCUT2D eigenvalue weighted by Crippen LogP contribution is 2.22. The lowest BCUT2D eigenvalue weighted by Gasteiger charge is -2.19. The van der Waals surface area contributed by atoms with Gasteiger partial charge >= 0.3 is 5.97 Å². The molecule has 0 aliphatic heterocycles. The summed E-state index contributed by atoms with van der Waals surface area (Å²) in [4.78, 5) is 22.4. The Balaban J connectivity index is 2.31. The first-order valence-electron chi connectivity index (χ1n) is 6.92. The number of rotatable bonds is 5. The van der Waals surface area contributed by atoms with Crippen LogP contribution in [-0.2, 0) is 10.0 Å². The number of hydrogen-bond acceptors (Lipinski definition) is 4. The molecule has 2 aromatic rings. The molecule has 0 aliphatic carbocycles. The van der Waals surface area contributed by atoms with Crippen LogP contribution < -0.4 is 9.62 Å². The highest BCUT2D eigenvalue weighted by atomic mass is 32.2. The van der Waals surface area contributed by atoms with Crippen LogP contribution in [0.5, 0.6) is 0 Å². The molecule has 2 N–H and O–H groups in total. The normalized spacial score (nSPS) is 10.9. The van der Waals surface area contributed by atoms with Gasteiger partial charge in [0.25, 0.3) is 15.9 Å². The number of carbonyl (C=O) groups excluding carboxylic acids is 1. The van der Waals surface area contributed by atoms with Crippen LogP contribution in [0.4, 0.5) is 5.69 Å². The molecule has 0 aliphatic rings. The van der Waals surface area contributed by atoms with E-state index >= 15 is 0 Å². The predicted molar refractivity (Wildman–Crippen MR) is 88.8 cm³/mol. The van der Waals surface area contributed by atoms with Gasteiger partial charge in [-0.2, -0.15) is 0 Å². The summed E-state index contributed by atoms with van der Waals surface area (Å²) in [5, 5.41) is 11.3. The van der Waals surface area contributed by atoms with E-state index in [0.717, 1.165) is 4.31 Å². The maximum atomic E-state index is 12.6. The summed E-state index contributed by atoms with van der Waals surface area (Å²) < 4.78 is 26.3. The van der Waals surface area contributed by atoms with E-state index in [1.54, 1.807) is 0 Å². The molecule has 0 saturated carbocycles. The van der Waals surface area contributed by atoms with Crippen LogP contribution in [0, 0.1) is 0 Å². The van der Waals surface area contributed by atoms with Crippen LogP contribution in [-0.4, -0.2) is 39.5 Å². The molecule has 0 radical (unpaired) electrons. The molecule has 0 unspecified atom stereocenters. The van der Waals surface area contributed by atoms with Crippen molar-refractivity contribution in [1.29, 1.82) is 0 Å². The van der Waals surface area contributed by atoms with Crippen molar-refractivity contribution in [1.82, 2.24) is 5.32 Å². The van der Waals surface area contributed by atoms with Crippen molar-refractivity contribution < 1.29 is 23.1 Å². The first kappa shape index (κ1) is 17.5. The number of carboxylic acids is 1. The number of carbonyl (C=O) groups is 2. The van der Waals surface area contributed by atoms with Crippen LogP contribution in [0.25, 0.3) is 0 Å². The second-order valence-electron chi connectivity index (χ2n) is 4.93. The highest BCUT2D eigenvalue weighted by Gasteiger charge is 2.21. The Morgan fingerprint density at radius 3 is 1.92 bits per heavy atom. The predicted octanol–water partition coefficient (Wildman–Crippen LogP) is 1.57. The minimum Gasteiger partial charge on any atom is -0.478 e. The Labute approximate surface area is 139 Å². The van der Waals surface area contributed by atoms with Gasteiger partial charge in [0, 0.05) is 19.7 Å². The van der Waals surface area contributed by atoms with E-state index in [1.807, 2.05) is 0 Å². The number of aromatic carboxylic acids is 1. The average molecular weight is 348 g/mol. The number of anilines is 1. The molecule has 0 fully saturated rings. The van der Waals surface area contributed by atoms with Gasteiger partial charge in [0.15, 0.2) is 0 Å². The number of hydrogen-bond donors (Lipinski definition) is 2. The van der Waals surface area contributed by atoms with E-state index in [0.29, 0.717) is 11.3 Å². The molecule has 0 bridgehead atoms. The van der Waals surface area contributed by atoms with Gasteiger partial charge in [0.05, 0.1) is 16.1 Å². The zero-order valence-corrected chi connectivity index (χ0v) is 13.9. The minimum atomic E-state index is -3.82. The number of sulfonamides is 1. The molecule has 2 aromatic carbocycles. The van der Waals surface area contributed by atoms with Gasteiger partial charge in [0.2, 0.25) is 0 Å². The molecule has 0 heterocycles. The fourth-order valence-electron chi connectivity index (χ4n) is 2.03. The zero-order valence-electron chi connectivity index (χ0n) is 13.1. The molecule has 0 saturated heterocycles. The van der Waals surface area contributed by atoms with Crippen molar-refractivity contribution in [3.8, 4) is 0 Å². The molecule has 0 aromatic heterocycles. The first-order valence-corrected chi connectivity index (χ1v) is 8.36. The van der Waals surface area contributed by atoms with Gasteiger partial charge in [-0.25, -0.2) is 13.2 Å². The molecule has 2 rings (SSSR count). The summed E-state index contributed by atoms with van der Waals surface area (Å²) in [7, 11) is -0.960. The Hall–Kier alpha value is -2.87. The monoisotopic (exact) mass is 348 g/mol. The number of carboxylic acid groups (broad SMARTS) is 1. The molecule has 7 nitrogen and oxygen atoms in total. The number of nitrogens with one attached hydrogen (secondary N) is 1. The maximum absolute atomic E-state index is 12.6. The van der Waals surface area contributed by atoms with Crippen molar-refractivity contribution in [2.24, 2.45) is 0 Å². The molecule has 0 atom stereocenters. The fourth-order valence-corrected chi connectivity index (χ4v) is 3.23.